The van der Waals surface area contributed by atoms with Gasteiger partial charge >= 0.3 is 12.0 Å². The van der Waals surface area contributed by atoms with Gasteiger partial charge in [-0.2, -0.15) is 11.8 Å². The molecule has 7 heteroatoms. The summed E-state index contributed by atoms with van der Waals surface area (Å²) in [7, 11) is 0. The second-order valence-corrected chi connectivity index (χ2v) is 8.00. The highest BCUT2D eigenvalue weighted by atomic mass is 32.2. The van der Waals surface area contributed by atoms with Crippen LogP contribution in [0, 0.1) is 0 Å². The van der Waals surface area contributed by atoms with Gasteiger partial charge in [0, 0.05) is 30.1 Å². The molecule has 0 aromatic rings. The average Bonchev–Trinajstić information content (AvgIpc) is 2.81. The fourth-order valence-electron chi connectivity index (χ4n) is 2.57. The first-order chi connectivity index (χ1) is 9.87. The van der Waals surface area contributed by atoms with E-state index in [4.69, 9.17) is 9.84 Å². The van der Waals surface area contributed by atoms with Crippen LogP contribution in [-0.4, -0.2) is 64.3 Å². The lowest BCUT2D eigenvalue weighted by Crippen LogP contribution is -2.44. The van der Waals surface area contributed by atoms with E-state index in [1.165, 1.54) is 0 Å². The SMILES string of the molecule is CC1(C)CCN(C(=O)NCC2CCC(C(=O)O)O2)CCS1. The molecule has 0 bridgehead atoms. The minimum absolute atomic E-state index is 0.0734. The smallest absolute Gasteiger partial charge is 0.332 e. The van der Waals surface area contributed by atoms with Crippen LogP contribution < -0.4 is 5.32 Å². The molecule has 120 valence electrons. The molecule has 2 heterocycles. The highest BCUT2D eigenvalue weighted by Crippen LogP contribution is 2.30. The van der Waals surface area contributed by atoms with Crippen molar-refractivity contribution in [2.24, 2.45) is 0 Å². The first-order valence-electron chi connectivity index (χ1n) is 7.42. The Balaban J connectivity index is 1.74. The molecular formula is C14H24N2O4S. The average molecular weight is 316 g/mol. The zero-order valence-corrected chi connectivity index (χ0v) is 13.4. The molecule has 2 N–H and O–H groups in total. The minimum atomic E-state index is -0.921. The summed E-state index contributed by atoms with van der Waals surface area (Å²) in [5.74, 6) is 0.0251. The van der Waals surface area contributed by atoms with Gasteiger partial charge in [0.25, 0.3) is 0 Å². The van der Waals surface area contributed by atoms with E-state index in [1.54, 1.807) is 0 Å². The van der Waals surface area contributed by atoms with Crippen molar-refractivity contribution in [2.45, 2.75) is 50.1 Å². The Morgan fingerprint density at radius 2 is 2.14 bits per heavy atom. The number of carboxylic acids is 1. The van der Waals surface area contributed by atoms with Crippen molar-refractivity contribution >= 4 is 23.8 Å². The summed E-state index contributed by atoms with van der Waals surface area (Å²) in [4.78, 5) is 24.8. The van der Waals surface area contributed by atoms with Gasteiger partial charge < -0.3 is 20.1 Å². The Morgan fingerprint density at radius 3 is 2.81 bits per heavy atom. The van der Waals surface area contributed by atoms with Crippen LogP contribution >= 0.6 is 11.8 Å². The first kappa shape index (κ1) is 16.4. The molecule has 2 fully saturated rings. The predicted molar refractivity (Wildman–Crippen MR) is 81.7 cm³/mol. The number of hydrogen-bond donors (Lipinski definition) is 2. The number of hydrogen-bond acceptors (Lipinski definition) is 4. The van der Waals surface area contributed by atoms with Crippen LogP contribution in [-0.2, 0) is 9.53 Å². The van der Waals surface area contributed by atoms with E-state index in [0.717, 1.165) is 25.3 Å². The van der Waals surface area contributed by atoms with Crippen molar-refractivity contribution in [1.82, 2.24) is 10.2 Å². The number of urea groups is 1. The van der Waals surface area contributed by atoms with E-state index >= 15 is 0 Å². The number of carboxylic acid groups (broad SMARTS) is 1. The van der Waals surface area contributed by atoms with Gasteiger partial charge in [0.2, 0.25) is 0 Å². The molecule has 0 aromatic carbocycles. The number of carbonyl (C=O) groups is 2. The largest absolute Gasteiger partial charge is 0.479 e. The van der Waals surface area contributed by atoms with E-state index in [1.807, 2.05) is 16.7 Å². The van der Waals surface area contributed by atoms with Gasteiger partial charge in [-0.3, -0.25) is 0 Å². The number of rotatable bonds is 3. The van der Waals surface area contributed by atoms with E-state index in [2.05, 4.69) is 19.2 Å². The number of carbonyl (C=O) groups excluding carboxylic acids is 1. The third-order valence-electron chi connectivity index (χ3n) is 3.99. The molecule has 21 heavy (non-hydrogen) atoms. The summed E-state index contributed by atoms with van der Waals surface area (Å²) < 4.78 is 5.60. The van der Waals surface area contributed by atoms with Crippen molar-refractivity contribution in [3.63, 3.8) is 0 Å². The van der Waals surface area contributed by atoms with Gasteiger partial charge in [-0.25, -0.2) is 9.59 Å². The standard InChI is InChI=1S/C14H24N2O4S/c1-14(2)5-6-16(7-8-21-14)13(19)15-9-10-3-4-11(20-10)12(17)18/h10-11H,3-9H2,1-2H3,(H,15,19)(H,17,18). The molecule has 2 aliphatic rings. The molecule has 2 rings (SSSR count). The summed E-state index contributed by atoms with van der Waals surface area (Å²) in [6, 6.07) is -0.0734. The van der Waals surface area contributed by atoms with Crippen LogP contribution in [0.25, 0.3) is 0 Å². The van der Waals surface area contributed by atoms with Crippen LogP contribution in [0.1, 0.15) is 33.1 Å². The van der Waals surface area contributed by atoms with Crippen molar-refractivity contribution < 1.29 is 19.4 Å². The van der Waals surface area contributed by atoms with Crippen LogP contribution in [0.4, 0.5) is 4.79 Å². The fraction of sp³-hybridized carbons (Fsp3) is 0.857. The van der Waals surface area contributed by atoms with Crippen molar-refractivity contribution in [1.29, 1.82) is 0 Å². The molecular weight excluding hydrogens is 292 g/mol. The summed E-state index contributed by atoms with van der Waals surface area (Å²) in [6.45, 7) is 6.31. The third kappa shape index (κ3) is 4.78. The fourth-order valence-corrected chi connectivity index (χ4v) is 3.67. The summed E-state index contributed by atoms with van der Waals surface area (Å²) >= 11 is 1.90. The summed E-state index contributed by atoms with van der Waals surface area (Å²) in [6.07, 6.45) is 1.27. The number of aliphatic carboxylic acids is 1. The van der Waals surface area contributed by atoms with Crippen LogP contribution in [0.3, 0.4) is 0 Å². The van der Waals surface area contributed by atoms with Gasteiger partial charge in [0.1, 0.15) is 0 Å². The monoisotopic (exact) mass is 316 g/mol. The normalized spacial score (nSPS) is 29.0. The van der Waals surface area contributed by atoms with Crippen LogP contribution in [0.15, 0.2) is 0 Å². The van der Waals surface area contributed by atoms with E-state index < -0.39 is 12.1 Å². The second-order valence-electron chi connectivity index (χ2n) is 6.19. The first-order valence-corrected chi connectivity index (χ1v) is 8.41. The molecule has 2 saturated heterocycles. The van der Waals surface area contributed by atoms with Gasteiger partial charge in [-0.15, -0.1) is 0 Å². The Kier molecular flexibility index (Phi) is 5.37. The summed E-state index contributed by atoms with van der Waals surface area (Å²) in [5.41, 5.74) is 0. The van der Waals surface area contributed by atoms with Crippen molar-refractivity contribution in [3.05, 3.63) is 0 Å². The molecule has 6 nitrogen and oxygen atoms in total. The molecule has 0 radical (unpaired) electrons. The van der Waals surface area contributed by atoms with Crippen molar-refractivity contribution in [2.75, 3.05) is 25.4 Å². The van der Waals surface area contributed by atoms with E-state index in [9.17, 15) is 9.59 Å². The highest BCUT2D eigenvalue weighted by Gasteiger charge is 2.31. The van der Waals surface area contributed by atoms with Gasteiger partial charge in [-0.05, 0) is 19.3 Å². The summed E-state index contributed by atoms with van der Waals surface area (Å²) in [5, 5.41) is 11.7. The molecule has 2 aliphatic heterocycles. The van der Waals surface area contributed by atoms with Gasteiger partial charge in [-0.1, -0.05) is 13.8 Å². The number of nitrogens with one attached hydrogen (secondary N) is 1. The molecule has 2 amide bonds. The van der Waals surface area contributed by atoms with Gasteiger partial charge in [0.05, 0.1) is 6.10 Å². The number of amides is 2. The highest BCUT2D eigenvalue weighted by molar-refractivity contribution is 8.00. The van der Waals surface area contributed by atoms with Crippen LogP contribution in [0.2, 0.25) is 0 Å². The molecule has 2 atom stereocenters. The Hall–Kier alpha value is -0.950. The molecule has 0 aliphatic carbocycles. The topological polar surface area (TPSA) is 78.9 Å². The lowest BCUT2D eigenvalue weighted by atomic mass is 10.1. The van der Waals surface area contributed by atoms with E-state index in [0.29, 0.717) is 19.4 Å². The minimum Gasteiger partial charge on any atom is -0.479 e. The Bertz CT molecular complexity index is 402. The van der Waals surface area contributed by atoms with Crippen molar-refractivity contribution in [3.8, 4) is 0 Å². The van der Waals surface area contributed by atoms with Crippen LogP contribution in [0.5, 0.6) is 0 Å². The maximum absolute atomic E-state index is 12.2. The molecule has 0 aromatic heterocycles. The number of ether oxygens (including phenoxy) is 1. The quantitative estimate of drug-likeness (QED) is 0.826. The van der Waals surface area contributed by atoms with Gasteiger partial charge in [0.15, 0.2) is 6.10 Å². The third-order valence-corrected chi connectivity index (χ3v) is 5.36. The zero-order chi connectivity index (χ0) is 15.5. The maximum Gasteiger partial charge on any atom is 0.332 e. The number of thioether (sulfide) groups is 1. The zero-order valence-electron chi connectivity index (χ0n) is 12.6. The maximum atomic E-state index is 12.2. The number of nitrogens with zero attached hydrogens (tertiary/aromatic N) is 1. The molecule has 0 spiro atoms. The van der Waals surface area contributed by atoms with E-state index in [-0.39, 0.29) is 16.9 Å². The lowest BCUT2D eigenvalue weighted by molar-refractivity contribution is -0.149. The predicted octanol–water partition coefficient (Wildman–Crippen LogP) is 1.55. The Labute approximate surface area is 129 Å². The second kappa shape index (κ2) is 6.87. The molecule has 0 saturated carbocycles. The lowest BCUT2D eigenvalue weighted by Gasteiger charge is -2.23. The Morgan fingerprint density at radius 1 is 1.38 bits per heavy atom. The molecule has 2 unspecified atom stereocenters.